The lowest BCUT2D eigenvalue weighted by Gasteiger charge is -2.60. The minimum atomic E-state index is -0.883. The second-order valence-corrected chi connectivity index (χ2v) is 13.1. The molecule has 1 N–H and O–H groups in total. The summed E-state index contributed by atoms with van der Waals surface area (Å²) < 4.78 is 0. The van der Waals surface area contributed by atoms with Gasteiger partial charge in [-0.05, 0) is 92.8 Å². The molecule has 2 saturated carbocycles. The second kappa shape index (κ2) is 8.45. The van der Waals surface area contributed by atoms with Gasteiger partial charge in [-0.1, -0.05) is 51.8 Å². The number of carbonyl (C=O) groups is 3. The average molecular weight is 469 g/mol. The number of Topliss-reactive ketones (excluding diaryl/α,β-unsaturated/α-hetero) is 1. The molecule has 0 saturated heterocycles. The lowest BCUT2D eigenvalue weighted by atomic mass is 9.43. The maximum Gasteiger partial charge on any atom is 0.330 e. The molecule has 0 bridgehead atoms. The van der Waals surface area contributed by atoms with Crippen LogP contribution < -0.4 is 0 Å². The molecule has 0 unspecified atom stereocenters. The van der Waals surface area contributed by atoms with Crippen molar-refractivity contribution in [2.24, 2.45) is 39.4 Å². The van der Waals surface area contributed by atoms with E-state index in [4.69, 9.17) is 5.11 Å². The molecular formula is C30H44O4. The Bertz CT molecular complexity index is 955. The Morgan fingerprint density at radius 3 is 2.38 bits per heavy atom. The van der Waals surface area contributed by atoms with E-state index in [0.29, 0.717) is 36.0 Å². The van der Waals surface area contributed by atoms with Crippen LogP contribution in [0.4, 0.5) is 0 Å². The van der Waals surface area contributed by atoms with Gasteiger partial charge < -0.3 is 9.90 Å². The number of carboxylic acids is 1. The summed E-state index contributed by atoms with van der Waals surface area (Å²) in [7, 11) is 0. The third-order valence-electron chi connectivity index (χ3n) is 11.5. The summed E-state index contributed by atoms with van der Waals surface area (Å²) >= 11 is 0. The Morgan fingerprint density at radius 2 is 1.74 bits per heavy atom. The largest absolute Gasteiger partial charge is 0.478 e. The SMILES string of the molecule is C/C(=C/CC[C@H](C=O)[C@@H]1CC[C@]2(C)C3=C(CC[C@@]12C)[C@@]1(C)CCC(=O)C(C)(C)[C@@H]1CC3)C(=O)O. The van der Waals surface area contributed by atoms with Crippen LogP contribution >= 0.6 is 0 Å². The van der Waals surface area contributed by atoms with Crippen molar-refractivity contribution < 1.29 is 19.5 Å². The van der Waals surface area contributed by atoms with Gasteiger partial charge in [-0.2, -0.15) is 0 Å². The van der Waals surface area contributed by atoms with Crippen LogP contribution in [-0.4, -0.2) is 23.1 Å². The molecule has 4 rings (SSSR count). The van der Waals surface area contributed by atoms with Crippen molar-refractivity contribution >= 4 is 18.0 Å². The minimum absolute atomic E-state index is 0.0232. The molecule has 0 heterocycles. The first kappa shape index (κ1) is 25.4. The molecule has 0 aromatic heterocycles. The van der Waals surface area contributed by atoms with Crippen molar-refractivity contribution in [2.45, 2.75) is 106 Å². The van der Waals surface area contributed by atoms with Gasteiger partial charge in [0.15, 0.2) is 0 Å². The van der Waals surface area contributed by atoms with Crippen molar-refractivity contribution in [1.82, 2.24) is 0 Å². The maximum atomic E-state index is 12.8. The Hall–Kier alpha value is -1.71. The number of aldehydes is 1. The molecular weight excluding hydrogens is 424 g/mol. The zero-order chi connectivity index (χ0) is 25.1. The van der Waals surface area contributed by atoms with Gasteiger partial charge in [0.2, 0.25) is 0 Å². The predicted octanol–water partition coefficient (Wildman–Crippen LogP) is 6.93. The fourth-order valence-corrected chi connectivity index (χ4v) is 9.16. The van der Waals surface area contributed by atoms with E-state index in [0.717, 1.165) is 57.7 Å². The van der Waals surface area contributed by atoms with Crippen molar-refractivity contribution in [1.29, 1.82) is 0 Å². The summed E-state index contributed by atoms with van der Waals surface area (Å²) in [6.45, 7) is 13.3. The lowest BCUT2D eigenvalue weighted by Crippen LogP contribution is -2.54. The number of ketones is 1. The average Bonchev–Trinajstić information content (AvgIpc) is 3.05. The van der Waals surface area contributed by atoms with Gasteiger partial charge in [-0.25, -0.2) is 4.79 Å². The zero-order valence-corrected chi connectivity index (χ0v) is 22.1. The first-order valence-electron chi connectivity index (χ1n) is 13.4. The van der Waals surface area contributed by atoms with Crippen molar-refractivity contribution in [3.63, 3.8) is 0 Å². The van der Waals surface area contributed by atoms with Crippen LogP contribution in [-0.2, 0) is 14.4 Å². The monoisotopic (exact) mass is 468 g/mol. The molecule has 0 radical (unpaired) electrons. The van der Waals surface area contributed by atoms with E-state index in [1.807, 2.05) is 0 Å². The minimum Gasteiger partial charge on any atom is -0.478 e. The third kappa shape index (κ3) is 3.49. The molecule has 4 heteroatoms. The second-order valence-electron chi connectivity index (χ2n) is 13.1. The summed E-state index contributed by atoms with van der Waals surface area (Å²) in [6, 6.07) is 0. The number of carboxylic acid groups (broad SMARTS) is 1. The molecule has 34 heavy (non-hydrogen) atoms. The van der Waals surface area contributed by atoms with E-state index >= 15 is 0 Å². The Balaban J connectivity index is 1.64. The highest BCUT2D eigenvalue weighted by molar-refractivity contribution is 5.86. The van der Waals surface area contributed by atoms with Crippen LogP contribution in [0.5, 0.6) is 0 Å². The predicted molar refractivity (Wildman–Crippen MR) is 134 cm³/mol. The Labute approximate surface area is 205 Å². The van der Waals surface area contributed by atoms with Gasteiger partial charge in [-0.15, -0.1) is 0 Å². The van der Waals surface area contributed by atoms with Crippen molar-refractivity contribution in [3.8, 4) is 0 Å². The van der Waals surface area contributed by atoms with E-state index in [9.17, 15) is 14.4 Å². The molecule has 2 fully saturated rings. The van der Waals surface area contributed by atoms with Gasteiger partial charge >= 0.3 is 5.97 Å². The molecule has 0 aromatic rings. The highest BCUT2D eigenvalue weighted by atomic mass is 16.4. The molecule has 4 nitrogen and oxygen atoms in total. The fraction of sp³-hybridized carbons (Fsp3) is 0.767. The van der Waals surface area contributed by atoms with E-state index in [2.05, 4.69) is 34.6 Å². The Morgan fingerprint density at radius 1 is 1.03 bits per heavy atom. The van der Waals surface area contributed by atoms with Crippen LogP contribution in [0.25, 0.3) is 0 Å². The van der Waals surface area contributed by atoms with Gasteiger partial charge in [0, 0.05) is 23.3 Å². The molecule has 4 aliphatic rings. The standard InChI is InChI=1S/C30H44O4/c1-19(26(33)34)8-7-9-20(18-31)21-12-16-30(6)23-10-11-24-27(2,3)25(32)14-15-28(24,4)22(23)13-17-29(21,30)5/h8,18,20-21,24H,7,9-17H2,1-6H3,(H,33,34)/b19-8-/t20-,21+,24+,28-,29+,30-/m1/s1. The molecule has 0 aromatic carbocycles. The number of allylic oxidation sites excluding steroid dienone is 3. The molecule has 0 amide bonds. The van der Waals surface area contributed by atoms with Crippen molar-refractivity contribution in [3.05, 3.63) is 22.8 Å². The fourth-order valence-electron chi connectivity index (χ4n) is 9.16. The molecule has 6 atom stereocenters. The first-order chi connectivity index (χ1) is 15.8. The maximum absolute atomic E-state index is 12.8. The summed E-state index contributed by atoms with van der Waals surface area (Å²) in [5.41, 5.74) is 3.77. The topological polar surface area (TPSA) is 71.4 Å². The zero-order valence-electron chi connectivity index (χ0n) is 22.1. The highest BCUT2D eigenvalue weighted by Crippen LogP contribution is 2.72. The van der Waals surface area contributed by atoms with Gasteiger partial charge in [-0.3, -0.25) is 4.79 Å². The van der Waals surface area contributed by atoms with E-state index in [1.165, 1.54) is 0 Å². The van der Waals surface area contributed by atoms with Crippen LogP contribution in [0.3, 0.4) is 0 Å². The van der Waals surface area contributed by atoms with Crippen LogP contribution in [0.15, 0.2) is 22.8 Å². The summed E-state index contributed by atoms with van der Waals surface area (Å²) in [5, 5.41) is 9.14. The van der Waals surface area contributed by atoms with Crippen LogP contribution in [0.1, 0.15) is 106 Å². The molecule has 0 aliphatic heterocycles. The molecule has 0 spiro atoms. The smallest absolute Gasteiger partial charge is 0.330 e. The highest BCUT2D eigenvalue weighted by Gasteiger charge is 2.63. The first-order valence-corrected chi connectivity index (χ1v) is 13.4. The number of rotatable bonds is 6. The Kier molecular flexibility index (Phi) is 6.31. The lowest BCUT2D eigenvalue weighted by molar-refractivity contribution is -0.139. The van der Waals surface area contributed by atoms with Crippen molar-refractivity contribution in [2.75, 3.05) is 0 Å². The van der Waals surface area contributed by atoms with E-state index < -0.39 is 5.97 Å². The normalized spacial score (nSPS) is 40.3. The quantitative estimate of drug-likeness (QED) is 0.261. The molecule has 188 valence electrons. The number of hydrogen-bond donors (Lipinski definition) is 1. The third-order valence-corrected chi connectivity index (χ3v) is 11.5. The number of hydrogen-bond acceptors (Lipinski definition) is 3. The molecule has 4 aliphatic carbocycles. The number of aliphatic carboxylic acids is 1. The van der Waals surface area contributed by atoms with Crippen LogP contribution in [0.2, 0.25) is 0 Å². The summed E-state index contributed by atoms with van der Waals surface area (Å²) in [6.07, 6.45) is 12.6. The van der Waals surface area contributed by atoms with Gasteiger partial charge in [0.05, 0.1) is 0 Å². The van der Waals surface area contributed by atoms with Gasteiger partial charge in [0.1, 0.15) is 12.1 Å². The van der Waals surface area contributed by atoms with Gasteiger partial charge in [0.25, 0.3) is 0 Å². The van der Waals surface area contributed by atoms with Crippen LogP contribution in [0, 0.1) is 39.4 Å². The van der Waals surface area contributed by atoms with E-state index in [1.54, 1.807) is 24.1 Å². The number of carbonyl (C=O) groups excluding carboxylic acids is 2. The van der Waals surface area contributed by atoms with E-state index in [-0.39, 0.29) is 27.6 Å². The number of fused-ring (bicyclic) bond motifs is 4. The summed E-state index contributed by atoms with van der Waals surface area (Å²) in [5.74, 6) is 0.305. The summed E-state index contributed by atoms with van der Waals surface area (Å²) in [4.78, 5) is 36.2.